The standard InChI is InChI=1S/C7H6ClNO4/c8-7(12)13-2-1-4-3-5(10)9-6(4)11/h3H,1-2H2,(H,9,10,11). The van der Waals surface area contributed by atoms with Crippen molar-refractivity contribution in [2.75, 3.05) is 6.61 Å². The summed E-state index contributed by atoms with van der Waals surface area (Å²) in [6.07, 6.45) is 1.36. The summed E-state index contributed by atoms with van der Waals surface area (Å²) in [6, 6.07) is 0. The molecule has 0 fully saturated rings. The van der Waals surface area contributed by atoms with E-state index in [0.29, 0.717) is 5.57 Å². The van der Waals surface area contributed by atoms with Crippen LogP contribution < -0.4 is 5.32 Å². The molecule has 0 atom stereocenters. The molecule has 1 heterocycles. The lowest BCUT2D eigenvalue weighted by Crippen LogP contribution is -2.22. The minimum Gasteiger partial charge on any atom is -0.453 e. The Morgan fingerprint density at radius 2 is 2.23 bits per heavy atom. The van der Waals surface area contributed by atoms with E-state index in [1.165, 1.54) is 6.08 Å². The first-order valence-corrected chi connectivity index (χ1v) is 3.85. The van der Waals surface area contributed by atoms with Crippen molar-refractivity contribution in [3.8, 4) is 0 Å². The molecule has 0 aromatic carbocycles. The van der Waals surface area contributed by atoms with Crippen LogP contribution in [0.15, 0.2) is 11.6 Å². The minimum absolute atomic E-state index is 0.00509. The molecule has 0 aromatic rings. The molecule has 5 nitrogen and oxygen atoms in total. The predicted octanol–water partition coefficient (Wildman–Crippen LogP) is 0.335. The number of hydrogen-bond donors (Lipinski definition) is 1. The van der Waals surface area contributed by atoms with Crippen LogP contribution in [0.2, 0.25) is 0 Å². The van der Waals surface area contributed by atoms with Gasteiger partial charge in [-0.15, -0.1) is 0 Å². The summed E-state index contributed by atoms with van der Waals surface area (Å²) in [4.78, 5) is 31.6. The minimum atomic E-state index is -0.926. The van der Waals surface area contributed by atoms with Gasteiger partial charge in [0.1, 0.15) is 0 Å². The number of carbonyl (C=O) groups is 3. The average molecular weight is 204 g/mol. The zero-order chi connectivity index (χ0) is 9.84. The summed E-state index contributed by atoms with van der Waals surface area (Å²) >= 11 is 4.88. The fraction of sp³-hybridized carbons (Fsp3) is 0.286. The van der Waals surface area contributed by atoms with Crippen LogP contribution in [-0.2, 0) is 14.3 Å². The highest BCUT2D eigenvalue weighted by molar-refractivity contribution is 6.61. The van der Waals surface area contributed by atoms with Gasteiger partial charge < -0.3 is 4.74 Å². The highest BCUT2D eigenvalue weighted by Gasteiger charge is 2.20. The highest BCUT2D eigenvalue weighted by atomic mass is 35.5. The molecule has 1 rings (SSSR count). The van der Waals surface area contributed by atoms with Gasteiger partial charge in [0, 0.05) is 29.7 Å². The van der Waals surface area contributed by atoms with E-state index in [9.17, 15) is 14.4 Å². The normalized spacial score (nSPS) is 15.3. The van der Waals surface area contributed by atoms with Crippen LogP contribution in [0.3, 0.4) is 0 Å². The Balaban J connectivity index is 2.37. The maximum atomic E-state index is 10.9. The van der Waals surface area contributed by atoms with Gasteiger partial charge in [0.05, 0.1) is 6.61 Å². The van der Waals surface area contributed by atoms with Crippen LogP contribution in [0.4, 0.5) is 4.79 Å². The van der Waals surface area contributed by atoms with Crippen molar-refractivity contribution >= 4 is 28.8 Å². The molecule has 6 heteroatoms. The second-order valence-corrected chi connectivity index (χ2v) is 2.63. The summed E-state index contributed by atoms with van der Waals surface area (Å²) in [5.41, 5.74) is -0.631. The molecule has 0 aromatic heterocycles. The maximum Gasteiger partial charge on any atom is 0.403 e. The number of nitrogens with one attached hydrogen (secondary N) is 1. The van der Waals surface area contributed by atoms with Gasteiger partial charge in [-0.1, -0.05) is 0 Å². The molecule has 0 spiro atoms. The first-order valence-electron chi connectivity index (χ1n) is 3.48. The third-order valence-corrected chi connectivity index (χ3v) is 1.53. The van der Waals surface area contributed by atoms with Crippen molar-refractivity contribution in [3.63, 3.8) is 0 Å². The molecule has 0 aliphatic carbocycles. The third-order valence-electron chi connectivity index (χ3n) is 1.42. The Bertz CT molecular complexity index is 297. The monoisotopic (exact) mass is 203 g/mol. The van der Waals surface area contributed by atoms with E-state index >= 15 is 0 Å². The van der Waals surface area contributed by atoms with Gasteiger partial charge in [-0.3, -0.25) is 14.9 Å². The Morgan fingerprint density at radius 1 is 1.54 bits per heavy atom. The van der Waals surface area contributed by atoms with Gasteiger partial charge in [0.2, 0.25) is 0 Å². The molecule has 70 valence electrons. The Labute approximate surface area is 78.7 Å². The largest absolute Gasteiger partial charge is 0.453 e. The Hall–Kier alpha value is -1.36. The summed E-state index contributed by atoms with van der Waals surface area (Å²) < 4.78 is 4.38. The number of amides is 2. The molecular formula is C7H6ClNO4. The van der Waals surface area contributed by atoms with E-state index in [1.54, 1.807) is 0 Å². The Kier molecular flexibility index (Phi) is 3.02. The number of halogens is 1. The lowest BCUT2D eigenvalue weighted by Gasteiger charge is -1.99. The second-order valence-electron chi connectivity index (χ2n) is 2.32. The lowest BCUT2D eigenvalue weighted by atomic mass is 10.2. The van der Waals surface area contributed by atoms with Gasteiger partial charge in [-0.25, -0.2) is 4.79 Å². The molecule has 0 bridgehead atoms. The first kappa shape index (κ1) is 9.73. The quantitative estimate of drug-likeness (QED) is 0.530. The lowest BCUT2D eigenvalue weighted by molar-refractivity contribution is -0.123. The van der Waals surface area contributed by atoms with Crippen LogP contribution in [-0.4, -0.2) is 23.8 Å². The van der Waals surface area contributed by atoms with Crippen LogP contribution in [0, 0.1) is 0 Å². The van der Waals surface area contributed by atoms with E-state index < -0.39 is 17.2 Å². The highest BCUT2D eigenvalue weighted by Crippen LogP contribution is 2.07. The molecular weight excluding hydrogens is 198 g/mol. The molecule has 0 unspecified atom stereocenters. The zero-order valence-electron chi connectivity index (χ0n) is 6.50. The van der Waals surface area contributed by atoms with E-state index in [4.69, 9.17) is 11.6 Å². The number of rotatable bonds is 3. The second kappa shape index (κ2) is 4.04. The predicted molar refractivity (Wildman–Crippen MR) is 43.1 cm³/mol. The van der Waals surface area contributed by atoms with Crippen LogP contribution in [0.25, 0.3) is 0 Å². The molecule has 1 aliphatic heterocycles. The topological polar surface area (TPSA) is 72.5 Å². The number of ether oxygens (including phenoxy) is 1. The van der Waals surface area contributed by atoms with Crippen molar-refractivity contribution < 1.29 is 19.1 Å². The van der Waals surface area contributed by atoms with Crippen LogP contribution in [0.5, 0.6) is 0 Å². The number of hydrogen-bond acceptors (Lipinski definition) is 4. The van der Waals surface area contributed by atoms with Crippen molar-refractivity contribution in [1.29, 1.82) is 0 Å². The van der Waals surface area contributed by atoms with Gasteiger partial charge >= 0.3 is 5.43 Å². The Morgan fingerprint density at radius 3 is 2.69 bits per heavy atom. The van der Waals surface area contributed by atoms with Gasteiger partial charge in [-0.2, -0.15) is 0 Å². The molecule has 2 amide bonds. The summed E-state index contributed by atoms with van der Waals surface area (Å²) in [7, 11) is 0. The summed E-state index contributed by atoms with van der Waals surface area (Å²) in [5.74, 6) is -0.896. The number of imide groups is 1. The van der Waals surface area contributed by atoms with Crippen LogP contribution >= 0.6 is 11.6 Å². The van der Waals surface area contributed by atoms with Crippen molar-refractivity contribution in [3.05, 3.63) is 11.6 Å². The van der Waals surface area contributed by atoms with Crippen molar-refractivity contribution in [2.45, 2.75) is 6.42 Å². The maximum absolute atomic E-state index is 10.9. The summed E-state index contributed by atoms with van der Waals surface area (Å²) in [5, 5.41) is 2.06. The van der Waals surface area contributed by atoms with E-state index in [0.717, 1.165) is 0 Å². The van der Waals surface area contributed by atoms with Gasteiger partial charge in [0.25, 0.3) is 11.8 Å². The van der Waals surface area contributed by atoms with Gasteiger partial charge in [-0.05, 0) is 0 Å². The summed E-state index contributed by atoms with van der Waals surface area (Å²) in [6.45, 7) is -0.00509. The average Bonchev–Trinajstić information content (AvgIpc) is 2.29. The first-order chi connectivity index (χ1) is 6.09. The van der Waals surface area contributed by atoms with Crippen molar-refractivity contribution in [1.82, 2.24) is 5.32 Å². The molecule has 0 saturated heterocycles. The third kappa shape index (κ3) is 2.87. The molecule has 1 aliphatic rings. The van der Waals surface area contributed by atoms with Crippen LogP contribution in [0.1, 0.15) is 6.42 Å². The zero-order valence-corrected chi connectivity index (χ0v) is 7.26. The number of carbonyl (C=O) groups excluding carboxylic acids is 3. The SMILES string of the molecule is O=C1C=C(CCOC(=O)Cl)C(=O)N1. The molecule has 1 N–H and O–H groups in total. The molecule has 0 saturated carbocycles. The van der Waals surface area contributed by atoms with E-state index in [-0.39, 0.29) is 13.0 Å². The van der Waals surface area contributed by atoms with Crippen molar-refractivity contribution in [2.24, 2.45) is 0 Å². The molecule has 0 radical (unpaired) electrons. The fourth-order valence-electron chi connectivity index (χ4n) is 0.879. The molecule has 13 heavy (non-hydrogen) atoms. The smallest absolute Gasteiger partial charge is 0.403 e. The van der Waals surface area contributed by atoms with E-state index in [2.05, 4.69) is 10.1 Å². The van der Waals surface area contributed by atoms with E-state index in [1.807, 2.05) is 0 Å². The fourth-order valence-corrected chi connectivity index (χ4v) is 0.956. The van der Waals surface area contributed by atoms with Gasteiger partial charge in [0.15, 0.2) is 0 Å².